The van der Waals surface area contributed by atoms with E-state index in [4.69, 9.17) is 0 Å². The Kier molecular flexibility index (Phi) is 6.22. The number of hydrogen-bond donors (Lipinski definition) is 2. The molecule has 0 aliphatic heterocycles. The van der Waals surface area contributed by atoms with Gasteiger partial charge in [0.05, 0.1) is 11.1 Å². The SMILES string of the molecule is CCCCCCNC(=O)c1c(C)ccc(C)c1C(=O)O. The molecule has 0 spiro atoms. The lowest BCUT2D eigenvalue weighted by atomic mass is 9.96. The van der Waals surface area contributed by atoms with Crippen molar-refractivity contribution in [3.8, 4) is 0 Å². The van der Waals surface area contributed by atoms with Gasteiger partial charge in [-0.15, -0.1) is 0 Å². The van der Waals surface area contributed by atoms with Gasteiger partial charge in [-0.1, -0.05) is 38.3 Å². The number of benzene rings is 1. The lowest BCUT2D eigenvalue weighted by Gasteiger charge is -2.12. The van der Waals surface area contributed by atoms with E-state index < -0.39 is 5.97 Å². The number of aromatic carboxylic acids is 1. The van der Waals surface area contributed by atoms with E-state index in [9.17, 15) is 14.7 Å². The number of carboxylic acids is 1. The molecule has 2 N–H and O–H groups in total. The Balaban J connectivity index is 2.82. The summed E-state index contributed by atoms with van der Waals surface area (Å²) in [5, 5.41) is 12.1. The number of carbonyl (C=O) groups excluding carboxylic acids is 1. The standard InChI is InChI=1S/C16H23NO3/c1-4-5-6-7-10-17-15(18)13-11(2)8-9-12(3)14(13)16(19)20/h8-9H,4-7,10H2,1-3H3,(H,17,18)(H,19,20). The molecule has 1 amide bonds. The molecule has 0 aliphatic carbocycles. The zero-order valence-corrected chi connectivity index (χ0v) is 12.5. The Hall–Kier alpha value is -1.84. The normalized spacial score (nSPS) is 10.3. The summed E-state index contributed by atoms with van der Waals surface area (Å²) in [5.41, 5.74) is 1.70. The molecule has 0 bridgehead atoms. The number of unbranched alkanes of at least 4 members (excludes halogenated alkanes) is 3. The Morgan fingerprint density at radius 1 is 1.05 bits per heavy atom. The molecule has 0 saturated heterocycles. The third kappa shape index (κ3) is 4.08. The van der Waals surface area contributed by atoms with Crippen LogP contribution in [0, 0.1) is 13.8 Å². The first-order valence-corrected chi connectivity index (χ1v) is 7.10. The van der Waals surface area contributed by atoms with Crippen LogP contribution in [0.3, 0.4) is 0 Å². The molecule has 1 rings (SSSR count). The molecule has 20 heavy (non-hydrogen) atoms. The Morgan fingerprint density at radius 2 is 1.65 bits per heavy atom. The molecule has 4 heteroatoms. The number of carboxylic acid groups (broad SMARTS) is 1. The van der Waals surface area contributed by atoms with Gasteiger partial charge in [0.25, 0.3) is 5.91 Å². The molecule has 0 aliphatic rings. The van der Waals surface area contributed by atoms with Gasteiger partial charge in [0.15, 0.2) is 0 Å². The summed E-state index contributed by atoms with van der Waals surface area (Å²) in [6, 6.07) is 3.52. The first-order valence-electron chi connectivity index (χ1n) is 7.10. The summed E-state index contributed by atoms with van der Waals surface area (Å²) in [4.78, 5) is 23.5. The minimum atomic E-state index is -1.05. The van der Waals surface area contributed by atoms with E-state index in [-0.39, 0.29) is 17.0 Å². The first kappa shape index (κ1) is 16.2. The number of rotatable bonds is 7. The van der Waals surface area contributed by atoms with Crippen LogP contribution in [0.1, 0.15) is 64.4 Å². The molecule has 0 fully saturated rings. The average molecular weight is 277 g/mol. The van der Waals surface area contributed by atoms with Gasteiger partial charge < -0.3 is 10.4 Å². The fourth-order valence-electron chi connectivity index (χ4n) is 2.22. The third-order valence-electron chi connectivity index (χ3n) is 3.38. The summed E-state index contributed by atoms with van der Waals surface area (Å²) in [6.45, 7) is 6.19. The van der Waals surface area contributed by atoms with Gasteiger partial charge in [0, 0.05) is 6.54 Å². The smallest absolute Gasteiger partial charge is 0.336 e. The van der Waals surface area contributed by atoms with Gasteiger partial charge in [0.1, 0.15) is 0 Å². The van der Waals surface area contributed by atoms with Crippen LogP contribution in [0.25, 0.3) is 0 Å². The summed E-state index contributed by atoms with van der Waals surface area (Å²) in [5.74, 6) is -1.34. The maximum Gasteiger partial charge on any atom is 0.336 e. The molecular formula is C16H23NO3. The summed E-state index contributed by atoms with van der Waals surface area (Å²) in [7, 11) is 0. The second-order valence-corrected chi connectivity index (χ2v) is 5.07. The fourth-order valence-corrected chi connectivity index (χ4v) is 2.22. The van der Waals surface area contributed by atoms with E-state index in [0.29, 0.717) is 17.7 Å². The van der Waals surface area contributed by atoms with Crippen LogP contribution in [-0.2, 0) is 0 Å². The maximum absolute atomic E-state index is 12.2. The summed E-state index contributed by atoms with van der Waals surface area (Å²) >= 11 is 0. The van der Waals surface area contributed by atoms with Crippen LogP contribution >= 0.6 is 0 Å². The maximum atomic E-state index is 12.2. The quantitative estimate of drug-likeness (QED) is 0.751. The van der Waals surface area contributed by atoms with Gasteiger partial charge in [-0.05, 0) is 31.4 Å². The third-order valence-corrected chi connectivity index (χ3v) is 3.38. The van der Waals surface area contributed by atoms with E-state index in [2.05, 4.69) is 12.2 Å². The fraction of sp³-hybridized carbons (Fsp3) is 0.500. The molecule has 0 atom stereocenters. The van der Waals surface area contributed by atoms with Crippen molar-refractivity contribution in [1.82, 2.24) is 5.32 Å². The van der Waals surface area contributed by atoms with E-state index in [0.717, 1.165) is 25.7 Å². The predicted octanol–water partition coefficient (Wildman–Crippen LogP) is 3.31. The van der Waals surface area contributed by atoms with Crippen molar-refractivity contribution in [2.75, 3.05) is 6.54 Å². The molecule has 1 aromatic carbocycles. The van der Waals surface area contributed by atoms with Crippen LogP contribution in [-0.4, -0.2) is 23.5 Å². The van der Waals surface area contributed by atoms with Crippen molar-refractivity contribution in [3.63, 3.8) is 0 Å². The van der Waals surface area contributed by atoms with Crippen molar-refractivity contribution in [2.24, 2.45) is 0 Å². The van der Waals surface area contributed by atoms with E-state index in [1.165, 1.54) is 0 Å². The molecule has 0 heterocycles. The van der Waals surface area contributed by atoms with Crippen LogP contribution in [0.4, 0.5) is 0 Å². The lowest BCUT2D eigenvalue weighted by molar-refractivity contribution is 0.0690. The number of aryl methyl sites for hydroxylation is 2. The lowest BCUT2D eigenvalue weighted by Crippen LogP contribution is -2.27. The van der Waals surface area contributed by atoms with Crippen molar-refractivity contribution < 1.29 is 14.7 Å². The van der Waals surface area contributed by atoms with Crippen molar-refractivity contribution >= 4 is 11.9 Å². The molecular weight excluding hydrogens is 254 g/mol. The molecule has 0 saturated carbocycles. The van der Waals surface area contributed by atoms with Gasteiger partial charge in [-0.25, -0.2) is 4.79 Å². The Bertz CT molecular complexity index is 495. The highest BCUT2D eigenvalue weighted by Crippen LogP contribution is 2.18. The zero-order valence-electron chi connectivity index (χ0n) is 12.5. The van der Waals surface area contributed by atoms with Crippen LogP contribution < -0.4 is 5.32 Å². The van der Waals surface area contributed by atoms with E-state index in [1.54, 1.807) is 26.0 Å². The van der Waals surface area contributed by atoms with Gasteiger partial charge in [0.2, 0.25) is 0 Å². The van der Waals surface area contributed by atoms with Crippen LogP contribution in [0.5, 0.6) is 0 Å². The Morgan fingerprint density at radius 3 is 2.20 bits per heavy atom. The minimum absolute atomic E-state index is 0.107. The second-order valence-electron chi connectivity index (χ2n) is 5.07. The van der Waals surface area contributed by atoms with Crippen molar-refractivity contribution in [3.05, 3.63) is 34.4 Å². The summed E-state index contributed by atoms with van der Waals surface area (Å²) in [6.07, 6.45) is 4.30. The molecule has 4 nitrogen and oxygen atoms in total. The number of hydrogen-bond acceptors (Lipinski definition) is 2. The van der Waals surface area contributed by atoms with Crippen LogP contribution in [0.15, 0.2) is 12.1 Å². The predicted molar refractivity (Wildman–Crippen MR) is 79.4 cm³/mol. The van der Waals surface area contributed by atoms with Gasteiger partial charge >= 0.3 is 5.97 Å². The first-order chi connectivity index (χ1) is 9.49. The molecule has 0 unspecified atom stereocenters. The van der Waals surface area contributed by atoms with Crippen LogP contribution in [0.2, 0.25) is 0 Å². The molecule has 0 radical (unpaired) electrons. The zero-order chi connectivity index (χ0) is 15.1. The van der Waals surface area contributed by atoms with Gasteiger partial charge in [-0.3, -0.25) is 4.79 Å². The number of amides is 1. The molecule has 1 aromatic rings. The average Bonchev–Trinajstić information content (AvgIpc) is 2.40. The second kappa shape index (κ2) is 7.68. The van der Waals surface area contributed by atoms with E-state index in [1.807, 2.05) is 0 Å². The van der Waals surface area contributed by atoms with Gasteiger partial charge in [-0.2, -0.15) is 0 Å². The highest BCUT2D eigenvalue weighted by atomic mass is 16.4. The molecule has 110 valence electrons. The van der Waals surface area contributed by atoms with E-state index >= 15 is 0 Å². The topological polar surface area (TPSA) is 66.4 Å². The van der Waals surface area contributed by atoms with Crippen molar-refractivity contribution in [2.45, 2.75) is 46.5 Å². The minimum Gasteiger partial charge on any atom is -0.478 e. The van der Waals surface area contributed by atoms with Crippen molar-refractivity contribution in [1.29, 1.82) is 0 Å². The highest BCUT2D eigenvalue weighted by molar-refractivity contribution is 6.06. The Labute approximate surface area is 120 Å². The number of nitrogens with one attached hydrogen (secondary N) is 1. The highest BCUT2D eigenvalue weighted by Gasteiger charge is 2.20. The monoisotopic (exact) mass is 277 g/mol. The largest absolute Gasteiger partial charge is 0.478 e. The number of carbonyl (C=O) groups is 2. The summed E-state index contributed by atoms with van der Waals surface area (Å²) < 4.78 is 0. The molecule has 0 aromatic heterocycles.